The van der Waals surface area contributed by atoms with Crippen LogP contribution in [0.25, 0.3) is 0 Å². The minimum atomic E-state index is -1.86. The normalized spacial score (nSPS) is 14.0. The lowest BCUT2D eigenvalue weighted by Crippen LogP contribution is -2.58. The molecule has 2 aromatic carbocycles. The monoisotopic (exact) mass is 486 g/mol. The summed E-state index contributed by atoms with van der Waals surface area (Å²) >= 11 is 1.51. The molecule has 0 aromatic heterocycles. The van der Waals surface area contributed by atoms with Gasteiger partial charge in [-0.05, 0) is 44.2 Å². The van der Waals surface area contributed by atoms with Gasteiger partial charge in [-0.15, -0.1) is 11.8 Å². The van der Waals surface area contributed by atoms with Gasteiger partial charge >= 0.3 is 5.97 Å². The third-order valence-corrected chi connectivity index (χ3v) is 7.20. The Bertz CT molecular complexity index is 937. The van der Waals surface area contributed by atoms with Crippen LogP contribution < -0.4 is 10.6 Å². The summed E-state index contributed by atoms with van der Waals surface area (Å²) in [7, 11) is 1.49. The van der Waals surface area contributed by atoms with E-state index in [9.17, 15) is 24.6 Å². The van der Waals surface area contributed by atoms with Gasteiger partial charge in [-0.1, -0.05) is 60.7 Å². The molecular formula is C26H34N2O5S. The summed E-state index contributed by atoms with van der Waals surface area (Å²) in [6.07, 6.45) is -0.523. The molecule has 0 spiro atoms. The van der Waals surface area contributed by atoms with Crippen LogP contribution >= 0.6 is 11.8 Å². The molecule has 0 bridgehead atoms. The van der Waals surface area contributed by atoms with Crippen LogP contribution in [0.2, 0.25) is 0 Å². The summed E-state index contributed by atoms with van der Waals surface area (Å²) in [6.45, 7) is 3.72. The van der Waals surface area contributed by atoms with Crippen molar-refractivity contribution in [1.82, 2.24) is 10.6 Å². The first-order valence-electron chi connectivity index (χ1n) is 11.3. The van der Waals surface area contributed by atoms with Crippen LogP contribution in [0.1, 0.15) is 37.8 Å². The Morgan fingerprint density at radius 2 is 1.50 bits per heavy atom. The van der Waals surface area contributed by atoms with Crippen molar-refractivity contribution in [2.45, 2.75) is 55.8 Å². The zero-order chi connectivity index (χ0) is 25.1. The number of aliphatic hydroxyl groups is 1. The van der Waals surface area contributed by atoms with Gasteiger partial charge in [0.05, 0.1) is 5.92 Å². The van der Waals surface area contributed by atoms with Crippen molar-refractivity contribution in [2.24, 2.45) is 5.92 Å². The van der Waals surface area contributed by atoms with Crippen LogP contribution in [0.15, 0.2) is 60.7 Å². The number of rotatable bonds is 13. The summed E-state index contributed by atoms with van der Waals surface area (Å²) in [4.78, 5) is 37.4. The fraction of sp³-hybridized carbons (Fsp3) is 0.423. The van der Waals surface area contributed by atoms with Gasteiger partial charge in [0.1, 0.15) is 6.04 Å². The smallest absolute Gasteiger partial charge is 0.333 e. The number of aliphatic hydroxyl groups excluding tert-OH is 1. The summed E-state index contributed by atoms with van der Waals surface area (Å²) in [5.74, 6) is -3.04. The molecule has 184 valence electrons. The topological polar surface area (TPSA) is 116 Å². The number of thioether (sulfide) groups is 1. The van der Waals surface area contributed by atoms with Crippen molar-refractivity contribution in [3.05, 3.63) is 71.8 Å². The second-order valence-electron chi connectivity index (χ2n) is 8.70. The van der Waals surface area contributed by atoms with E-state index in [4.69, 9.17) is 0 Å². The predicted octanol–water partition coefficient (Wildman–Crippen LogP) is 3.01. The average molecular weight is 487 g/mol. The number of nitrogens with one attached hydrogen (secondary N) is 2. The van der Waals surface area contributed by atoms with Crippen molar-refractivity contribution in [3.63, 3.8) is 0 Å². The van der Waals surface area contributed by atoms with Gasteiger partial charge in [-0.2, -0.15) is 0 Å². The second kappa shape index (κ2) is 13.2. The summed E-state index contributed by atoms with van der Waals surface area (Å²) in [5.41, 5.74) is 2.15. The Hall–Kier alpha value is -2.84. The number of carboxylic acid groups (broad SMARTS) is 1. The summed E-state index contributed by atoms with van der Waals surface area (Å²) < 4.78 is -0.700. The first-order chi connectivity index (χ1) is 16.2. The average Bonchev–Trinajstić information content (AvgIpc) is 2.84. The number of carbonyl (C=O) groups is 3. The van der Waals surface area contributed by atoms with Gasteiger partial charge in [0.15, 0.2) is 6.10 Å². The zero-order valence-electron chi connectivity index (χ0n) is 19.9. The Morgan fingerprint density at radius 1 is 0.941 bits per heavy atom. The molecule has 2 amide bonds. The van der Waals surface area contributed by atoms with Gasteiger partial charge in [0.25, 0.3) is 0 Å². The highest BCUT2D eigenvalue weighted by atomic mass is 32.2. The summed E-state index contributed by atoms with van der Waals surface area (Å²) in [5, 5.41) is 24.9. The van der Waals surface area contributed by atoms with E-state index in [-0.39, 0.29) is 12.3 Å². The van der Waals surface area contributed by atoms with Crippen LogP contribution in [-0.2, 0) is 26.6 Å². The Labute approximate surface area is 205 Å². The van der Waals surface area contributed by atoms with Crippen molar-refractivity contribution in [1.29, 1.82) is 0 Å². The molecule has 34 heavy (non-hydrogen) atoms. The molecule has 0 saturated heterocycles. The zero-order valence-corrected chi connectivity index (χ0v) is 20.7. The number of aliphatic carboxylic acids is 1. The van der Waals surface area contributed by atoms with Crippen molar-refractivity contribution in [2.75, 3.05) is 7.05 Å². The first kappa shape index (κ1) is 27.4. The Morgan fingerprint density at radius 3 is 2.03 bits per heavy atom. The van der Waals surface area contributed by atoms with E-state index in [1.54, 1.807) is 0 Å². The van der Waals surface area contributed by atoms with Crippen LogP contribution in [0.4, 0.5) is 0 Å². The van der Waals surface area contributed by atoms with Crippen molar-refractivity contribution >= 4 is 29.5 Å². The molecule has 0 radical (unpaired) electrons. The van der Waals surface area contributed by atoms with Crippen LogP contribution in [0.3, 0.4) is 0 Å². The maximum atomic E-state index is 13.2. The number of hydrogen-bond acceptors (Lipinski definition) is 5. The molecule has 2 aromatic rings. The van der Waals surface area contributed by atoms with E-state index in [0.29, 0.717) is 18.6 Å². The van der Waals surface area contributed by atoms with Crippen LogP contribution in [0.5, 0.6) is 0 Å². The third kappa shape index (κ3) is 8.18. The van der Waals surface area contributed by atoms with Gasteiger partial charge < -0.3 is 20.8 Å². The molecular weight excluding hydrogens is 452 g/mol. The van der Waals surface area contributed by atoms with E-state index in [2.05, 4.69) is 10.6 Å². The molecule has 0 fully saturated rings. The third-order valence-electron chi connectivity index (χ3n) is 5.74. The molecule has 2 rings (SSSR count). The molecule has 8 heteroatoms. The fourth-order valence-electron chi connectivity index (χ4n) is 3.65. The summed E-state index contributed by atoms with van der Waals surface area (Å²) in [6, 6.07) is 18.5. The number of benzene rings is 2. The molecule has 0 aliphatic heterocycles. The Balaban J connectivity index is 2.12. The lowest BCUT2D eigenvalue weighted by Gasteiger charge is -2.34. The SMILES string of the molecule is CNC(=O)[C@H](NC(=O)[C@H](CCCc1ccccc1)[C@H](O)C(=O)O)C(C)(C)SCc1ccccc1. The lowest BCUT2D eigenvalue weighted by atomic mass is 9.92. The van der Waals surface area contributed by atoms with Gasteiger partial charge in [-0.3, -0.25) is 9.59 Å². The predicted molar refractivity (Wildman–Crippen MR) is 134 cm³/mol. The quantitative estimate of drug-likeness (QED) is 0.346. The number of carbonyl (C=O) groups excluding carboxylic acids is 2. The minimum Gasteiger partial charge on any atom is -0.479 e. The largest absolute Gasteiger partial charge is 0.479 e. The molecule has 0 saturated carbocycles. The maximum Gasteiger partial charge on any atom is 0.333 e. The molecule has 0 aliphatic rings. The molecule has 0 aliphatic carbocycles. The lowest BCUT2D eigenvalue weighted by molar-refractivity contribution is -0.154. The fourth-order valence-corrected chi connectivity index (χ4v) is 4.71. The highest BCUT2D eigenvalue weighted by Gasteiger charge is 2.40. The highest BCUT2D eigenvalue weighted by Crippen LogP contribution is 2.32. The van der Waals surface area contributed by atoms with E-state index in [0.717, 1.165) is 11.1 Å². The molecule has 0 heterocycles. The number of carboxylic acids is 1. The number of likely N-dealkylation sites (N-methyl/N-ethyl adjacent to an activating group) is 1. The standard InChI is InChI=1S/C26H34N2O5S/c1-26(2,34-17-19-13-8-5-9-14-19)22(24(31)27-3)28-23(30)20(21(29)25(32)33)16-10-15-18-11-6-4-7-12-18/h4-9,11-14,20-22,29H,10,15-17H2,1-3H3,(H,27,31)(H,28,30)(H,32,33)/t20-,21+,22+/m1/s1. The highest BCUT2D eigenvalue weighted by molar-refractivity contribution is 7.99. The van der Waals surface area contributed by atoms with Gasteiger partial charge in [0, 0.05) is 17.5 Å². The van der Waals surface area contributed by atoms with E-state index < -0.39 is 34.7 Å². The van der Waals surface area contributed by atoms with Gasteiger partial charge in [0.2, 0.25) is 11.8 Å². The van der Waals surface area contributed by atoms with E-state index >= 15 is 0 Å². The molecule has 3 atom stereocenters. The Kier molecular flexibility index (Phi) is 10.6. The van der Waals surface area contributed by atoms with Crippen LogP contribution in [0, 0.1) is 5.92 Å². The molecule has 0 unspecified atom stereocenters. The van der Waals surface area contributed by atoms with Crippen molar-refractivity contribution < 1.29 is 24.6 Å². The van der Waals surface area contributed by atoms with Crippen LogP contribution in [-0.4, -0.2) is 51.9 Å². The minimum absolute atomic E-state index is 0.173. The first-order valence-corrected chi connectivity index (χ1v) is 12.3. The molecule has 7 nitrogen and oxygen atoms in total. The van der Waals surface area contributed by atoms with Gasteiger partial charge in [-0.25, -0.2) is 4.79 Å². The van der Waals surface area contributed by atoms with E-state index in [1.165, 1.54) is 18.8 Å². The molecule has 4 N–H and O–H groups in total. The number of amides is 2. The second-order valence-corrected chi connectivity index (χ2v) is 10.3. The van der Waals surface area contributed by atoms with Crippen molar-refractivity contribution in [3.8, 4) is 0 Å². The number of hydrogen-bond donors (Lipinski definition) is 4. The van der Waals surface area contributed by atoms with E-state index in [1.807, 2.05) is 74.5 Å². The number of aryl methyl sites for hydroxylation is 1. The maximum absolute atomic E-state index is 13.2.